The standard InChI is InChI=1S/C8H13BrO/c1-2-3-4-5-8(10)6-7-9/h8,10H,2-5H2,1H3. The fourth-order valence-corrected chi connectivity index (χ4v) is 0.987. The third-order valence-corrected chi connectivity index (χ3v) is 1.53. The Hall–Kier alpha value is 0. The van der Waals surface area contributed by atoms with Crippen LogP contribution in [0.5, 0.6) is 0 Å². The monoisotopic (exact) mass is 204 g/mol. The smallest absolute Gasteiger partial charge is 0.115 e. The summed E-state index contributed by atoms with van der Waals surface area (Å²) in [5.74, 6) is 2.63. The molecule has 2 heteroatoms. The molecule has 0 aromatic heterocycles. The maximum atomic E-state index is 9.07. The molecule has 0 heterocycles. The van der Waals surface area contributed by atoms with E-state index in [-0.39, 0.29) is 0 Å². The predicted octanol–water partition coefficient (Wildman–Crippen LogP) is 2.28. The van der Waals surface area contributed by atoms with Crippen LogP contribution in [0.3, 0.4) is 0 Å². The van der Waals surface area contributed by atoms with E-state index in [0.717, 1.165) is 12.8 Å². The minimum absolute atomic E-state index is 0.439. The summed E-state index contributed by atoms with van der Waals surface area (Å²) in [5.41, 5.74) is 0. The van der Waals surface area contributed by atoms with Crippen molar-refractivity contribution >= 4 is 15.9 Å². The lowest BCUT2D eigenvalue weighted by molar-refractivity contribution is 0.217. The zero-order valence-corrected chi connectivity index (χ0v) is 7.82. The van der Waals surface area contributed by atoms with Gasteiger partial charge in [-0.3, -0.25) is 0 Å². The zero-order valence-electron chi connectivity index (χ0n) is 6.23. The molecule has 0 saturated heterocycles. The van der Waals surface area contributed by atoms with Gasteiger partial charge >= 0.3 is 0 Å². The second-order valence-electron chi connectivity index (χ2n) is 2.25. The molecule has 0 aromatic carbocycles. The van der Waals surface area contributed by atoms with Crippen LogP contribution in [0.25, 0.3) is 0 Å². The van der Waals surface area contributed by atoms with E-state index >= 15 is 0 Å². The van der Waals surface area contributed by atoms with E-state index in [0.29, 0.717) is 0 Å². The Morgan fingerprint density at radius 1 is 1.50 bits per heavy atom. The Morgan fingerprint density at radius 3 is 2.70 bits per heavy atom. The van der Waals surface area contributed by atoms with E-state index < -0.39 is 6.10 Å². The van der Waals surface area contributed by atoms with Crippen LogP contribution in [0.1, 0.15) is 32.6 Å². The van der Waals surface area contributed by atoms with Gasteiger partial charge in [0.2, 0.25) is 0 Å². The lowest BCUT2D eigenvalue weighted by Crippen LogP contribution is -2.01. The Morgan fingerprint density at radius 2 is 2.20 bits per heavy atom. The summed E-state index contributed by atoms with van der Waals surface area (Å²) in [4.78, 5) is 2.51. The van der Waals surface area contributed by atoms with Crippen LogP contribution in [-0.4, -0.2) is 11.2 Å². The van der Waals surface area contributed by atoms with Crippen molar-refractivity contribution < 1.29 is 5.11 Å². The zero-order chi connectivity index (χ0) is 7.82. The molecule has 0 rings (SSSR count). The van der Waals surface area contributed by atoms with Gasteiger partial charge in [-0.1, -0.05) is 25.7 Å². The van der Waals surface area contributed by atoms with Crippen molar-refractivity contribution in [3.63, 3.8) is 0 Å². The summed E-state index contributed by atoms with van der Waals surface area (Å²) in [6, 6.07) is 0. The first-order chi connectivity index (χ1) is 4.81. The van der Waals surface area contributed by atoms with Gasteiger partial charge in [-0.25, -0.2) is 0 Å². The number of hydrogen-bond donors (Lipinski definition) is 1. The van der Waals surface area contributed by atoms with Gasteiger partial charge in [-0.2, -0.15) is 0 Å². The first-order valence-electron chi connectivity index (χ1n) is 3.60. The lowest BCUT2D eigenvalue weighted by atomic mass is 10.1. The molecule has 0 radical (unpaired) electrons. The number of aliphatic hydroxyl groups is 1. The highest BCUT2D eigenvalue weighted by Crippen LogP contribution is 2.02. The second-order valence-corrected chi connectivity index (χ2v) is 2.65. The highest BCUT2D eigenvalue weighted by Gasteiger charge is 1.96. The van der Waals surface area contributed by atoms with Gasteiger partial charge in [-0.15, -0.1) is 0 Å². The van der Waals surface area contributed by atoms with Gasteiger partial charge in [0.1, 0.15) is 6.10 Å². The summed E-state index contributed by atoms with van der Waals surface area (Å²) in [6.07, 6.45) is 3.80. The molecule has 0 aliphatic rings. The summed E-state index contributed by atoms with van der Waals surface area (Å²) in [7, 11) is 0. The largest absolute Gasteiger partial charge is 0.380 e. The molecule has 10 heavy (non-hydrogen) atoms. The molecule has 0 fully saturated rings. The van der Waals surface area contributed by atoms with Crippen LogP contribution >= 0.6 is 15.9 Å². The van der Waals surface area contributed by atoms with E-state index in [1.54, 1.807) is 0 Å². The van der Waals surface area contributed by atoms with E-state index in [9.17, 15) is 0 Å². The molecule has 0 spiro atoms. The van der Waals surface area contributed by atoms with Crippen LogP contribution in [0, 0.1) is 10.8 Å². The van der Waals surface area contributed by atoms with Gasteiger partial charge in [0.25, 0.3) is 0 Å². The number of halogens is 1. The molecule has 1 unspecified atom stereocenters. The molecular formula is C8H13BrO. The Balaban J connectivity index is 3.18. The maximum Gasteiger partial charge on any atom is 0.115 e. The molecular weight excluding hydrogens is 192 g/mol. The minimum Gasteiger partial charge on any atom is -0.380 e. The van der Waals surface area contributed by atoms with E-state index in [2.05, 4.69) is 33.6 Å². The molecule has 1 N–H and O–H groups in total. The van der Waals surface area contributed by atoms with Gasteiger partial charge in [-0.05, 0) is 17.7 Å². The topological polar surface area (TPSA) is 20.2 Å². The van der Waals surface area contributed by atoms with Gasteiger partial charge in [0.05, 0.1) is 0 Å². The van der Waals surface area contributed by atoms with Crippen molar-refractivity contribution in [2.75, 3.05) is 0 Å². The van der Waals surface area contributed by atoms with Gasteiger partial charge < -0.3 is 5.11 Å². The van der Waals surface area contributed by atoms with Crippen molar-refractivity contribution in [2.24, 2.45) is 0 Å². The number of unbranched alkanes of at least 4 members (excludes halogenated alkanes) is 2. The summed E-state index contributed by atoms with van der Waals surface area (Å²) in [6.45, 7) is 2.14. The number of aliphatic hydroxyl groups excluding tert-OH is 1. The lowest BCUT2D eigenvalue weighted by Gasteiger charge is -1.99. The van der Waals surface area contributed by atoms with E-state index in [1.807, 2.05) is 0 Å². The van der Waals surface area contributed by atoms with E-state index in [1.165, 1.54) is 12.8 Å². The van der Waals surface area contributed by atoms with Crippen molar-refractivity contribution in [3.8, 4) is 10.8 Å². The summed E-state index contributed by atoms with van der Waals surface area (Å²) < 4.78 is 0. The predicted molar refractivity (Wildman–Crippen MR) is 46.9 cm³/mol. The Kier molecular flexibility index (Phi) is 7.11. The van der Waals surface area contributed by atoms with Crippen LogP contribution in [0.2, 0.25) is 0 Å². The Labute approximate surface area is 71.0 Å². The van der Waals surface area contributed by atoms with Crippen LogP contribution in [-0.2, 0) is 0 Å². The highest BCUT2D eigenvalue weighted by molar-refractivity contribution is 9.12. The Bertz CT molecular complexity index is 123. The average Bonchev–Trinajstić information content (AvgIpc) is 1.89. The van der Waals surface area contributed by atoms with Crippen LogP contribution in [0.15, 0.2) is 0 Å². The number of hydrogen-bond acceptors (Lipinski definition) is 1. The normalized spacial score (nSPS) is 11.9. The minimum atomic E-state index is -0.439. The summed E-state index contributed by atoms with van der Waals surface area (Å²) >= 11 is 2.94. The average molecular weight is 205 g/mol. The van der Waals surface area contributed by atoms with Crippen molar-refractivity contribution in [1.82, 2.24) is 0 Å². The molecule has 0 saturated carbocycles. The quantitative estimate of drug-likeness (QED) is 0.551. The first kappa shape index (κ1) is 10.0. The molecule has 0 amide bonds. The third kappa shape index (κ3) is 6.12. The molecule has 1 nitrogen and oxygen atoms in total. The van der Waals surface area contributed by atoms with Crippen molar-refractivity contribution in [1.29, 1.82) is 0 Å². The van der Waals surface area contributed by atoms with E-state index in [4.69, 9.17) is 5.11 Å². The second kappa shape index (κ2) is 7.11. The van der Waals surface area contributed by atoms with Gasteiger partial charge in [0.15, 0.2) is 0 Å². The highest BCUT2D eigenvalue weighted by atomic mass is 79.9. The molecule has 58 valence electrons. The van der Waals surface area contributed by atoms with Gasteiger partial charge in [0, 0.05) is 15.9 Å². The third-order valence-electron chi connectivity index (χ3n) is 1.30. The number of rotatable bonds is 4. The maximum absolute atomic E-state index is 9.07. The van der Waals surface area contributed by atoms with Crippen LogP contribution in [0.4, 0.5) is 0 Å². The van der Waals surface area contributed by atoms with Crippen LogP contribution < -0.4 is 0 Å². The molecule has 1 atom stereocenters. The fraction of sp³-hybridized carbons (Fsp3) is 0.750. The fourth-order valence-electron chi connectivity index (χ4n) is 0.723. The van der Waals surface area contributed by atoms with Crippen molar-refractivity contribution in [2.45, 2.75) is 38.7 Å². The van der Waals surface area contributed by atoms with Crippen molar-refractivity contribution in [3.05, 3.63) is 0 Å². The first-order valence-corrected chi connectivity index (χ1v) is 4.39. The summed E-state index contributed by atoms with van der Waals surface area (Å²) in [5, 5.41) is 9.07. The molecule has 0 aliphatic carbocycles. The molecule has 0 aromatic rings. The molecule has 0 bridgehead atoms. The SMILES string of the molecule is CCCCCC(O)C#CBr. The molecule has 0 aliphatic heterocycles.